The Bertz CT molecular complexity index is 469. The maximum atomic E-state index is 14.0. The minimum Gasteiger partial charge on any atom is -0.313 e. The summed E-state index contributed by atoms with van der Waals surface area (Å²) in [5.41, 5.74) is 0.419. The van der Waals surface area contributed by atoms with Crippen molar-refractivity contribution < 1.29 is 8.78 Å². The van der Waals surface area contributed by atoms with Gasteiger partial charge in [-0.3, -0.25) is 0 Å². The summed E-state index contributed by atoms with van der Waals surface area (Å²) in [7, 11) is 0. The van der Waals surface area contributed by atoms with Crippen LogP contribution in [0, 0.1) is 11.6 Å². The second-order valence-electron chi connectivity index (χ2n) is 5.44. The lowest BCUT2D eigenvalue weighted by Gasteiger charge is -2.30. The molecule has 1 aromatic rings. The molecule has 2 aliphatic carbocycles. The van der Waals surface area contributed by atoms with Crippen molar-refractivity contribution in [3.63, 3.8) is 0 Å². The average molecular weight is 249 g/mol. The molecule has 2 aliphatic rings. The molecule has 1 nitrogen and oxygen atoms in total. The number of hydrogen-bond donors (Lipinski definition) is 1. The number of halogens is 2. The first-order valence-electron chi connectivity index (χ1n) is 6.54. The van der Waals surface area contributed by atoms with Gasteiger partial charge in [-0.25, -0.2) is 8.78 Å². The van der Waals surface area contributed by atoms with Crippen molar-refractivity contribution in [1.82, 2.24) is 5.32 Å². The van der Waals surface area contributed by atoms with E-state index in [9.17, 15) is 8.78 Å². The summed E-state index contributed by atoms with van der Waals surface area (Å²) in [6.07, 6.45) is 8.28. The molecule has 0 heterocycles. The van der Waals surface area contributed by atoms with Crippen molar-refractivity contribution in [3.05, 3.63) is 47.5 Å². The van der Waals surface area contributed by atoms with E-state index in [0.717, 1.165) is 25.5 Å². The molecule has 0 aromatic heterocycles. The van der Waals surface area contributed by atoms with Crippen LogP contribution in [0.4, 0.5) is 8.78 Å². The fourth-order valence-electron chi connectivity index (χ4n) is 2.71. The topological polar surface area (TPSA) is 12.0 Å². The van der Waals surface area contributed by atoms with Crippen LogP contribution < -0.4 is 5.32 Å². The van der Waals surface area contributed by atoms with Gasteiger partial charge in [0.2, 0.25) is 0 Å². The molecular weight excluding hydrogens is 232 g/mol. The van der Waals surface area contributed by atoms with Crippen molar-refractivity contribution in [1.29, 1.82) is 0 Å². The summed E-state index contributed by atoms with van der Waals surface area (Å²) in [4.78, 5) is 0. The minimum absolute atomic E-state index is 0.222. The zero-order valence-corrected chi connectivity index (χ0v) is 10.3. The summed E-state index contributed by atoms with van der Waals surface area (Å²) < 4.78 is 27.0. The van der Waals surface area contributed by atoms with Crippen molar-refractivity contribution >= 4 is 0 Å². The molecule has 0 bridgehead atoms. The number of nitrogens with one attached hydrogen (secondary N) is 1. The van der Waals surface area contributed by atoms with Crippen LogP contribution >= 0.6 is 0 Å². The molecule has 0 unspecified atom stereocenters. The van der Waals surface area contributed by atoms with E-state index in [1.165, 1.54) is 18.9 Å². The Balaban J connectivity index is 1.87. The number of hydrogen-bond acceptors (Lipinski definition) is 1. The maximum Gasteiger partial charge on any atom is 0.129 e. The summed E-state index contributed by atoms with van der Waals surface area (Å²) >= 11 is 0. The van der Waals surface area contributed by atoms with Crippen molar-refractivity contribution in [2.45, 2.75) is 37.1 Å². The van der Waals surface area contributed by atoms with Crippen molar-refractivity contribution in [3.8, 4) is 0 Å². The van der Waals surface area contributed by atoms with E-state index < -0.39 is 11.6 Å². The van der Waals surface area contributed by atoms with Crippen molar-refractivity contribution in [2.75, 3.05) is 6.54 Å². The van der Waals surface area contributed by atoms with Gasteiger partial charge >= 0.3 is 0 Å². The molecule has 0 saturated heterocycles. The van der Waals surface area contributed by atoms with Gasteiger partial charge in [-0.1, -0.05) is 18.2 Å². The van der Waals surface area contributed by atoms with Gasteiger partial charge < -0.3 is 5.32 Å². The van der Waals surface area contributed by atoms with Crippen LogP contribution in [0.5, 0.6) is 0 Å². The quantitative estimate of drug-likeness (QED) is 0.807. The van der Waals surface area contributed by atoms with Crippen LogP contribution in [-0.4, -0.2) is 12.6 Å². The third kappa shape index (κ3) is 2.19. The monoisotopic (exact) mass is 249 g/mol. The highest BCUT2D eigenvalue weighted by Gasteiger charge is 2.36. The van der Waals surface area contributed by atoms with E-state index >= 15 is 0 Å². The molecule has 1 aromatic carbocycles. The third-order valence-corrected chi connectivity index (χ3v) is 3.99. The second kappa shape index (κ2) is 4.47. The Labute approximate surface area is 106 Å². The SMILES string of the molecule is Fc1ccc(C2(CNC3CC3)CC=CC2)c(F)c1. The van der Waals surface area contributed by atoms with Gasteiger partial charge in [0, 0.05) is 24.1 Å². The molecule has 1 N–H and O–H groups in total. The summed E-state index contributed by atoms with van der Waals surface area (Å²) in [6, 6.07) is 4.56. The molecule has 18 heavy (non-hydrogen) atoms. The van der Waals surface area contributed by atoms with Crippen LogP contribution in [0.15, 0.2) is 30.4 Å². The lowest BCUT2D eigenvalue weighted by atomic mass is 9.77. The Morgan fingerprint density at radius 2 is 1.89 bits per heavy atom. The summed E-state index contributed by atoms with van der Waals surface area (Å²) in [5, 5.41) is 3.48. The molecule has 0 spiro atoms. The Morgan fingerprint density at radius 1 is 1.17 bits per heavy atom. The predicted octanol–water partition coefficient (Wildman–Crippen LogP) is 3.30. The smallest absolute Gasteiger partial charge is 0.129 e. The molecule has 1 saturated carbocycles. The summed E-state index contributed by atoms with van der Waals surface area (Å²) in [6.45, 7) is 0.771. The first-order chi connectivity index (χ1) is 8.70. The van der Waals surface area contributed by atoms with Crippen LogP contribution in [0.1, 0.15) is 31.2 Å². The Kier molecular flexibility index (Phi) is 2.94. The minimum atomic E-state index is -0.507. The van der Waals surface area contributed by atoms with Gasteiger partial charge in [0.25, 0.3) is 0 Å². The van der Waals surface area contributed by atoms with Gasteiger partial charge in [0.1, 0.15) is 11.6 Å². The van der Waals surface area contributed by atoms with Gasteiger partial charge in [-0.2, -0.15) is 0 Å². The van der Waals surface area contributed by atoms with Gasteiger partial charge in [0.05, 0.1) is 0 Å². The van der Waals surface area contributed by atoms with E-state index in [0.29, 0.717) is 11.6 Å². The molecule has 0 atom stereocenters. The van der Waals surface area contributed by atoms with Crippen molar-refractivity contribution in [2.24, 2.45) is 0 Å². The number of allylic oxidation sites excluding steroid dienone is 2. The fourth-order valence-corrected chi connectivity index (χ4v) is 2.71. The fraction of sp³-hybridized carbons (Fsp3) is 0.467. The van der Waals surface area contributed by atoms with Gasteiger partial charge in [0.15, 0.2) is 0 Å². The molecule has 0 aliphatic heterocycles. The third-order valence-electron chi connectivity index (χ3n) is 3.99. The molecule has 96 valence electrons. The first kappa shape index (κ1) is 11.8. The van der Waals surface area contributed by atoms with Gasteiger partial charge in [-0.15, -0.1) is 0 Å². The highest BCUT2D eigenvalue weighted by atomic mass is 19.1. The van der Waals surface area contributed by atoms with E-state index in [1.807, 2.05) is 0 Å². The maximum absolute atomic E-state index is 14.0. The van der Waals surface area contributed by atoms with Gasteiger partial charge in [-0.05, 0) is 37.3 Å². The lowest BCUT2D eigenvalue weighted by Crippen LogP contribution is -2.38. The molecular formula is C15H17F2N. The Hall–Kier alpha value is -1.22. The lowest BCUT2D eigenvalue weighted by molar-refractivity contribution is 0.396. The molecule has 3 rings (SSSR count). The zero-order chi connectivity index (χ0) is 12.6. The highest BCUT2D eigenvalue weighted by Crippen LogP contribution is 2.38. The zero-order valence-electron chi connectivity index (χ0n) is 10.3. The average Bonchev–Trinajstić information content (AvgIpc) is 3.05. The molecule has 1 fully saturated rings. The molecule has 0 amide bonds. The van der Waals surface area contributed by atoms with E-state index in [2.05, 4.69) is 17.5 Å². The first-order valence-corrected chi connectivity index (χ1v) is 6.54. The van der Waals surface area contributed by atoms with Crippen LogP contribution in [0.2, 0.25) is 0 Å². The normalized spacial score (nSPS) is 21.4. The van der Waals surface area contributed by atoms with E-state index in [4.69, 9.17) is 0 Å². The predicted molar refractivity (Wildman–Crippen MR) is 67.4 cm³/mol. The standard InChI is InChI=1S/C15H17F2N/c16-11-3-6-13(14(17)9-11)15(7-1-2-8-15)10-18-12-4-5-12/h1-3,6,9,12,18H,4-5,7-8,10H2. The van der Waals surface area contributed by atoms with Crippen LogP contribution in [0.3, 0.4) is 0 Å². The van der Waals surface area contributed by atoms with E-state index in [1.54, 1.807) is 6.07 Å². The second-order valence-corrected chi connectivity index (χ2v) is 5.44. The highest BCUT2D eigenvalue weighted by molar-refractivity contribution is 5.32. The molecule has 0 radical (unpaired) electrons. The van der Waals surface area contributed by atoms with E-state index in [-0.39, 0.29) is 5.41 Å². The Morgan fingerprint density at radius 3 is 2.50 bits per heavy atom. The molecule has 3 heteroatoms. The van der Waals surface area contributed by atoms with Crippen LogP contribution in [-0.2, 0) is 5.41 Å². The summed E-state index contributed by atoms with van der Waals surface area (Å²) in [5.74, 6) is -0.927. The largest absolute Gasteiger partial charge is 0.313 e. The number of rotatable bonds is 4. The number of benzene rings is 1. The van der Waals surface area contributed by atoms with Crippen LogP contribution in [0.25, 0.3) is 0 Å².